The molecular formula is C25H31F3N2. The predicted octanol–water partition coefficient (Wildman–Crippen LogP) is 6.14. The molecule has 2 aliphatic rings. The van der Waals surface area contributed by atoms with Crippen LogP contribution in [0.2, 0.25) is 0 Å². The van der Waals surface area contributed by atoms with Crippen molar-refractivity contribution in [3.63, 3.8) is 0 Å². The molecule has 1 atom stereocenters. The van der Waals surface area contributed by atoms with Crippen LogP contribution in [-0.4, -0.2) is 36.0 Å². The van der Waals surface area contributed by atoms with Crippen LogP contribution in [0.1, 0.15) is 54.8 Å². The number of benzene rings is 2. The van der Waals surface area contributed by atoms with Gasteiger partial charge in [0.2, 0.25) is 0 Å². The molecule has 1 saturated heterocycles. The van der Waals surface area contributed by atoms with Gasteiger partial charge in [-0.25, -0.2) is 0 Å². The number of alkyl halides is 3. The molecule has 0 radical (unpaired) electrons. The molecule has 162 valence electrons. The Labute approximate surface area is 177 Å². The van der Waals surface area contributed by atoms with Gasteiger partial charge in [-0.3, -0.25) is 9.80 Å². The lowest BCUT2D eigenvalue weighted by Gasteiger charge is -2.43. The topological polar surface area (TPSA) is 6.48 Å². The first-order valence-electron chi connectivity index (χ1n) is 11.2. The summed E-state index contributed by atoms with van der Waals surface area (Å²) in [6.45, 7) is 4.65. The van der Waals surface area contributed by atoms with Crippen molar-refractivity contribution in [2.24, 2.45) is 5.92 Å². The van der Waals surface area contributed by atoms with Crippen LogP contribution in [0, 0.1) is 5.92 Å². The summed E-state index contributed by atoms with van der Waals surface area (Å²) in [5.74, 6) is 0.725. The molecule has 2 nitrogen and oxygen atoms in total. The van der Waals surface area contributed by atoms with E-state index in [1.807, 2.05) is 0 Å². The summed E-state index contributed by atoms with van der Waals surface area (Å²) in [5, 5.41) is 0. The van der Waals surface area contributed by atoms with Crippen LogP contribution in [0.15, 0.2) is 54.6 Å². The van der Waals surface area contributed by atoms with E-state index in [0.717, 1.165) is 37.7 Å². The van der Waals surface area contributed by atoms with E-state index in [4.69, 9.17) is 0 Å². The van der Waals surface area contributed by atoms with Crippen molar-refractivity contribution in [1.29, 1.82) is 0 Å². The van der Waals surface area contributed by atoms with Crippen LogP contribution >= 0.6 is 0 Å². The largest absolute Gasteiger partial charge is 0.416 e. The Hall–Kier alpha value is -1.85. The summed E-state index contributed by atoms with van der Waals surface area (Å²) < 4.78 is 38.3. The quantitative estimate of drug-likeness (QED) is 0.577. The minimum Gasteiger partial charge on any atom is -0.297 e. The highest BCUT2D eigenvalue weighted by Crippen LogP contribution is 2.38. The van der Waals surface area contributed by atoms with E-state index in [-0.39, 0.29) is 0 Å². The van der Waals surface area contributed by atoms with Gasteiger partial charge in [0, 0.05) is 38.8 Å². The molecule has 2 aromatic carbocycles. The number of nitrogens with zero attached hydrogens (tertiary/aromatic N) is 2. The molecule has 0 N–H and O–H groups in total. The standard InChI is InChI=1S/C25H31F3N2/c26-25(27,28)23-13-11-20(12-14-23)19-29-15-17-30(18-16-29)24(21-7-3-1-4-8-21)22-9-5-2-6-10-22/h1,3-4,7-8,11-14,22,24H,2,5-6,9-10,15-19H2. The van der Waals surface area contributed by atoms with Crippen molar-refractivity contribution < 1.29 is 13.2 Å². The van der Waals surface area contributed by atoms with Crippen LogP contribution < -0.4 is 0 Å². The Morgan fingerprint density at radius 3 is 2.03 bits per heavy atom. The van der Waals surface area contributed by atoms with E-state index < -0.39 is 11.7 Å². The lowest BCUT2D eigenvalue weighted by molar-refractivity contribution is -0.137. The summed E-state index contributed by atoms with van der Waals surface area (Å²) in [4.78, 5) is 5.01. The maximum Gasteiger partial charge on any atom is 0.416 e. The lowest BCUT2D eigenvalue weighted by atomic mass is 9.80. The van der Waals surface area contributed by atoms with Crippen molar-refractivity contribution in [2.45, 2.75) is 50.9 Å². The molecule has 5 heteroatoms. The number of hydrogen-bond acceptors (Lipinski definition) is 2. The van der Waals surface area contributed by atoms with Gasteiger partial charge >= 0.3 is 6.18 Å². The van der Waals surface area contributed by atoms with Crippen LogP contribution in [0.25, 0.3) is 0 Å². The van der Waals surface area contributed by atoms with Crippen LogP contribution in [0.4, 0.5) is 13.2 Å². The van der Waals surface area contributed by atoms with Crippen LogP contribution in [0.5, 0.6) is 0 Å². The molecule has 1 aliphatic carbocycles. The average molecular weight is 417 g/mol. The Morgan fingerprint density at radius 2 is 1.43 bits per heavy atom. The normalized spacial score (nSPS) is 20.9. The molecule has 1 saturated carbocycles. The fraction of sp³-hybridized carbons (Fsp3) is 0.520. The van der Waals surface area contributed by atoms with Gasteiger partial charge in [0.15, 0.2) is 0 Å². The first kappa shape index (κ1) is 21.4. The SMILES string of the molecule is FC(F)(F)c1ccc(CN2CCN(C(c3ccccc3)C3CCCCC3)CC2)cc1. The third-order valence-corrected chi connectivity index (χ3v) is 6.73. The molecule has 1 heterocycles. The molecule has 0 spiro atoms. The van der Waals surface area contributed by atoms with Crippen molar-refractivity contribution in [3.8, 4) is 0 Å². The Morgan fingerprint density at radius 1 is 0.800 bits per heavy atom. The molecule has 2 fully saturated rings. The maximum atomic E-state index is 12.8. The molecule has 0 aromatic heterocycles. The van der Waals surface area contributed by atoms with Gasteiger partial charge < -0.3 is 0 Å². The summed E-state index contributed by atoms with van der Waals surface area (Å²) >= 11 is 0. The molecular weight excluding hydrogens is 385 g/mol. The Balaban J connectivity index is 1.38. The fourth-order valence-electron chi connectivity index (χ4n) is 5.14. The van der Waals surface area contributed by atoms with Crippen molar-refractivity contribution in [3.05, 3.63) is 71.3 Å². The van der Waals surface area contributed by atoms with Gasteiger partial charge in [-0.15, -0.1) is 0 Å². The molecule has 0 bridgehead atoms. The Bertz CT molecular complexity index is 774. The van der Waals surface area contributed by atoms with Crippen molar-refractivity contribution in [2.75, 3.05) is 26.2 Å². The minimum atomic E-state index is -4.27. The van der Waals surface area contributed by atoms with Gasteiger partial charge in [0.05, 0.1) is 5.56 Å². The summed E-state index contributed by atoms with van der Waals surface area (Å²) in [6, 6.07) is 17.0. The maximum absolute atomic E-state index is 12.8. The lowest BCUT2D eigenvalue weighted by Crippen LogP contribution is -2.48. The minimum absolute atomic E-state index is 0.486. The van der Waals surface area contributed by atoms with Crippen molar-refractivity contribution in [1.82, 2.24) is 9.80 Å². The zero-order chi connectivity index (χ0) is 21.0. The zero-order valence-electron chi connectivity index (χ0n) is 17.5. The highest BCUT2D eigenvalue weighted by Gasteiger charge is 2.32. The van der Waals surface area contributed by atoms with E-state index in [1.54, 1.807) is 12.1 Å². The third-order valence-electron chi connectivity index (χ3n) is 6.73. The molecule has 30 heavy (non-hydrogen) atoms. The van der Waals surface area contributed by atoms with Gasteiger partial charge in [-0.05, 0) is 42.0 Å². The Kier molecular flexibility index (Phi) is 6.79. The number of piperazine rings is 1. The van der Waals surface area contributed by atoms with Crippen LogP contribution in [-0.2, 0) is 12.7 Å². The average Bonchev–Trinajstić information content (AvgIpc) is 2.76. The highest BCUT2D eigenvalue weighted by molar-refractivity contribution is 5.25. The van der Waals surface area contributed by atoms with E-state index in [9.17, 15) is 13.2 Å². The first-order chi connectivity index (χ1) is 14.5. The van der Waals surface area contributed by atoms with Gasteiger partial charge in [0.25, 0.3) is 0 Å². The predicted molar refractivity (Wildman–Crippen MR) is 114 cm³/mol. The molecule has 0 amide bonds. The molecule has 2 aromatic rings. The van der Waals surface area contributed by atoms with Gasteiger partial charge in [0.1, 0.15) is 0 Å². The number of hydrogen-bond donors (Lipinski definition) is 0. The smallest absolute Gasteiger partial charge is 0.297 e. The second kappa shape index (κ2) is 9.52. The second-order valence-electron chi connectivity index (χ2n) is 8.76. The monoisotopic (exact) mass is 416 g/mol. The van der Waals surface area contributed by atoms with E-state index >= 15 is 0 Å². The molecule has 1 unspecified atom stereocenters. The molecule has 4 rings (SSSR count). The van der Waals surface area contributed by atoms with Gasteiger partial charge in [-0.2, -0.15) is 13.2 Å². The molecule has 1 aliphatic heterocycles. The summed E-state index contributed by atoms with van der Waals surface area (Å²) in [6.07, 6.45) is 2.38. The van der Waals surface area contributed by atoms with Crippen molar-refractivity contribution >= 4 is 0 Å². The van der Waals surface area contributed by atoms with E-state index in [1.165, 1.54) is 49.8 Å². The second-order valence-corrected chi connectivity index (χ2v) is 8.76. The summed E-state index contributed by atoms with van der Waals surface area (Å²) in [5.41, 5.74) is 1.80. The van der Waals surface area contributed by atoms with E-state index in [0.29, 0.717) is 12.6 Å². The number of halogens is 3. The van der Waals surface area contributed by atoms with E-state index in [2.05, 4.69) is 40.1 Å². The number of rotatable bonds is 5. The summed E-state index contributed by atoms with van der Waals surface area (Å²) in [7, 11) is 0. The first-order valence-corrected chi connectivity index (χ1v) is 11.2. The zero-order valence-corrected chi connectivity index (χ0v) is 17.5. The highest BCUT2D eigenvalue weighted by atomic mass is 19.4. The van der Waals surface area contributed by atoms with Gasteiger partial charge in [-0.1, -0.05) is 61.7 Å². The fourth-order valence-corrected chi connectivity index (χ4v) is 5.14. The van der Waals surface area contributed by atoms with Crippen LogP contribution in [0.3, 0.4) is 0 Å². The third kappa shape index (κ3) is 5.25.